The minimum absolute atomic E-state index is 0.0651. The third kappa shape index (κ3) is 3.32. The Labute approximate surface area is 113 Å². The van der Waals surface area contributed by atoms with Crippen LogP contribution in [0.4, 0.5) is 0 Å². The molecule has 2 rings (SSSR count). The smallest absolute Gasteiger partial charge is 0.115 e. The van der Waals surface area contributed by atoms with Crippen molar-refractivity contribution >= 4 is 0 Å². The lowest BCUT2D eigenvalue weighted by atomic mass is 9.99. The number of hydrogen-bond donors (Lipinski definition) is 1. The molecule has 0 aliphatic rings. The fourth-order valence-electron chi connectivity index (χ4n) is 2.02. The van der Waals surface area contributed by atoms with E-state index in [-0.39, 0.29) is 6.04 Å². The number of aromatic nitrogens is 4. The molecule has 19 heavy (non-hydrogen) atoms. The highest BCUT2D eigenvalue weighted by Crippen LogP contribution is 2.23. The zero-order valence-electron chi connectivity index (χ0n) is 11.6. The average molecular weight is 257 g/mol. The largest absolute Gasteiger partial charge is 0.306 e. The van der Waals surface area contributed by atoms with E-state index in [0.29, 0.717) is 0 Å². The first-order chi connectivity index (χ1) is 9.22. The summed E-state index contributed by atoms with van der Waals surface area (Å²) in [4.78, 5) is 8.21. The Balaban J connectivity index is 2.40. The van der Waals surface area contributed by atoms with Crippen molar-refractivity contribution in [3.05, 3.63) is 47.3 Å². The monoisotopic (exact) mass is 257 g/mol. The van der Waals surface area contributed by atoms with Crippen LogP contribution in [0.15, 0.2) is 24.8 Å². The van der Waals surface area contributed by atoms with Gasteiger partial charge in [0.15, 0.2) is 0 Å². The lowest BCUT2D eigenvalue weighted by molar-refractivity contribution is 0.587. The summed E-state index contributed by atoms with van der Waals surface area (Å²) >= 11 is 0. The second kappa shape index (κ2) is 6.33. The predicted octanol–water partition coefficient (Wildman–Crippen LogP) is 1.97. The molecule has 0 aliphatic carbocycles. The molecule has 0 fully saturated rings. The van der Waals surface area contributed by atoms with Gasteiger partial charge in [-0.25, -0.2) is 9.97 Å². The zero-order chi connectivity index (χ0) is 13.7. The van der Waals surface area contributed by atoms with E-state index in [1.165, 1.54) is 0 Å². The number of hydrogen-bond acceptors (Lipinski definition) is 5. The van der Waals surface area contributed by atoms with Crippen molar-refractivity contribution in [3.8, 4) is 0 Å². The predicted molar refractivity (Wildman–Crippen MR) is 73.7 cm³/mol. The molecular formula is C14H19N5. The van der Waals surface area contributed by atoms with Crippen LogP contribution in [0.25, 0.3) is 0 Å². The molecule has 0 saturated carbocycles. The van der Waals surface area contributed by atoms with Crippen molar-refractivity contribution in [2.24, 2.45) is 0 Å². The van der Waals surface area contributed by atoms with Crippen LogP contribution >= 0.6 is 0 Å². The molecule has 5 nitrogen and oxygen atoms in total. The van der Waals surface area contributed by atoms with E-state index in [4.69, 9.17) is 0 Å². The summed E-state index contributed by atoms with van der Waals surface area (Å²) < 4.78 is 0. The number of nitrogens with zero attached hydrogens (tertiary/aromatic N) is 4. The van der Waals surface area contributed by atoms with Crippen LogP contribution < -0.4 is 5.32 Å². The molecule has 5 heteroatoms. The first-order valence-electron chi connectivity index (χ1n) is 6.51. The van der Waals surface area contributed by atoms with Crippen LogP contribution in [0, 0.1) is 13.8 Å². The fourth-order valence-corrected chi connectivity index (χ4v) is 2.02. The fraction of sp³-hybridized carbons (Fsp3) is 0.429. The van der Waals surface area contributed by atoms with Gasteiger partial charge in [0.05, 0.1) is 17.4 Å². The van der Waals surface area contributed by atoms with Crippen LogP contribution in [0.1, 0.15) is 41.9 Å². The molecule has 2 heterocycles. The Morgan fingerprint density at radius 3 is 2.58 bits per heavy atom. The summed E-state index contributed by atoms with van der Waals surface area (Å²) in [5.41, 5.74) is 4.03. The highest BCUT2D eigenvalue weighted by atomic mass is 15.1. The molecule has 0 aromatic carbocycles. The third-order valence-corrected chi connectivity index (χ3v) is 2.96. The van der Waals surface area contributed by atoms with Gasteiger partial charge in [-0.2, -0.15) is 10.2 Å². The summed E-state index contributed by atoms with van der Waals surface area (Å²) in [6, 6.07) is 2.14. The maximum atomic E-state index is 4.20. The molecule has 0 aliphatic heterocycles. The second-order valence-electron chi connectivity index (χ2n) is 4.59. The minimum atomic E-state index is 0.0651. The van der Waals surface area contributed by atoms with E-state index in [9.17, 15) is 0 Å². The van der Waals surface area contributed by atoms with Crippen LogP contribution in [-0.2, 0) is 0 Å². The summed E-state index contributed by atoms with van der Waals surface area (Å²) in [7, 11) is 0. The van der Waals surface area contributed by atoms with Gasteiger partial charge in [0.2, 0.25) is 0 Å². The molecule has 0 amide bonds. The SMILES string of the molecule is CCCNC(c1cncnc1)c1cc(C)nnc1C. The van der Waals surface area contributed by atoms with E-state index in [1.807, 2.05) is 26.2 Å². The van der Waals surface area contributed by atoms with Gasteiger partial charge >= 0.3 is 0 Å². The Hall–Kier alpha value is -1.88. The van der Waals surface area contributed by atoms with Crippen molar-refractivity contribution in [2.45, 2.75) is 33.2 Å². The van der Waals surface area contributed by atoms with Crippen molar-refractivity contribution in [2.75, 3.05) is 6.54 Å². The van der Waals surface area contributed by atoms with Gasteiger partial charge in [-0.1, -0.05) is 6.92 Å². The first kappa shape index (κ1) is 13.5. The standard InChI is InChI=1S/C14H19N5/c1-4-5-17-14(12-7-15-9-16-8-12)13-6-10(2)18-19-11(13)3/h6-9,14,17H,4-5H2,1-3H3. The molecule has 1 unspecified atom stereocenters. The van der Waals surface area contributed by atoms with E-state index < -0.39 is 0 Å². The van der Waals surface area contributed by atoms with Gasteiger partial charge in [-0.3, -0.25) is 0 Å². The number of aryl methyl sites for hydroxylation is 2. The normalized spacial score (nSPS) is 12.4. The summed E-state index contributed by atoms with van der Waals surface area (Å²) in [5, 5.41) is 11.8. The Kier molecular flexibility index (Phi) is 4.52. The molecule has 100 valence electrons. The first-order valence-corrected chi connectivity index (χ1v) is 6.51. The van der Waals surface area contributed by atoms with E-state index in [1.54, 1.807) is 6.33 Å². The van der Waals surface area contributed by atoms with E-state index in [0.717, 1.165) is 35.5 Å². The highest BCUT2D eigenvalue weighted by Gasteiger charge is 2.17. The van der Waals surface area contributed by atoms with Crippen LogP contribution in [-0.4, -0.2) is 26.7 Å². The van der Waals surface area contributed by atoms with Crippen molar-refractivity contribution in [1.29, 1.82) is 0 Å². The molecule has 0 radical (unpaired) electrons. The molecule has 2 aromatic rings. The number of rotatable bonds is 5. The molecular weight excluding hydrogens is 238 g/mol. The van der Waals surface area contributed by atoms with Gasteiger partial charge in [0.25, 0.3) is 0 Å². The molecule has 2 aromatic heterocycles. The maximum absolute atomic E-state index is 4.20. The molecule has 0 saturated heterocycles. The zero-order valence-corrected chi connectivity index (χ0v) is 11.6. The van der Waals surface area contributed by atoms with Gasteiger partial charge < -0.3 is 5.32 Å². The topological polar surface area (TPSA) is 63.6 Å². The molecule has 1 N–H and O–H groups in total. The Bertz CT molecular complexity index is 527. The quantitative estimate of drug-likeness (QED) is 0.887. The van der Waals surface area contributed by atoms with Crippen LogP contribution in [0.5, 0.6) is 0 Å². The lowest BCUT2D eigenvalue weighted by Crippen LogP contribution is -2.24. The molecule has 1 atom stereocenters. The summed E-state index contributed by atoms with van der Waals surface area (Å²) in [6.45, 7) is 7.01. The van der Waals surface area contributed by atoms with Crippen LogP contribution in [0.3, 0.4) is 0 Å². The van der Waals surface area contributed by atoms with Gasteiger partial charge in [0.1, 0.15) is 6.33 Å². The Morgan fingerprint density at radius 1 is 1.16 bits per heavy atom. The van der Waals surface area contributed by atoms with Crippen molar-refractivity contribution in [3.63, 3.8) is 0 Å². The highest BCUT2D eigenvalue weighted by molar-refractivity contribution is 5.31. The third-order valence-electron chi connectivity index (χ3n) is 2.96. The maximum Gasteiger partial charge on any atom is 0.115 e. The van der Waals surface area contributed by atoms with E-state index >= 15 is 0 Å². The van der Waals surface area contributed by atoms with Gasteiger partial charge in [0, 0.05) is 18.0 Å². The lowest BCUT2D eigenvalue weighted by Gasteiger charge is -2.20. The van der Waals surface area contributed by atoms with E-state index in [2.05, 4.69) is 38.5 Å². The number of nitrogens with one attached hydrogen (secondary N) is 1. The van der Waals surface area contributed by atoms with Crippen LogP contribution in [0.2, 0.25) is 0 Å². The van der Waals surface area contributed by atoms with Crippen molar-refractivity contribution < 1.29 is 0 Å². The van der Waals surface area contributed by atoms with Gasteiger partial charge in [-0.15, -0.1) is 0 Å². The van der Waals surface area contributed by atoms with Crippen molar-refractivity contribution in [1.82, 2.24) is 25.5 Å². The second-order valence-corrected chi connectivity index (χ2v) is 4.59. The molecule has 0 spiro atoms. The average Bonchev–Trinajstić information content (AvgIpc) is 2.44. The Morgan fingerprint density at radius 2 is 1.89 bits per heavy atom. The minimum Gasteiger partial charge on any atom is -0.306 e. The summed E-state index contributed by atoms with van der Waals surface area (Å²) in [6.07, 6.45) is 6.30. The summed E-state index contributed by atoms with van der Waals surface area (Å²) in [5.74, 6) is 0. The molecule has 0 bridgehead atoms. The van der Waals surface area contributed by atoms with Gasteiger partial charge in [-0.05, 0) is 38.4 Å².